The Kier molecular flexibility index (Phi) is 5.77. The Morgan fingerprint density at radius 2 is 1.75 bits per heavy atom. The maximum atomic E-state index is 12.5. The van der Waals surface area contributed by atoms with Crippen LogP contribution < -0.4 is 10.1 Å². The van der Waals surface area contributed by atoms with Crippen molar-refractivity contribution in [3.63, 3.8) is 0 Å². The predicted molar refractivity (Wildman–Crippen MR) is 107 cm³/mol. The Balaban J connectivity index is 1.65. The van der Waals surface area contributed by atoms with Crippen LogP contribution in [0.2, 0.25) is 0 Å². The van der Waals surface area contributed by atoms with Crippen LogP contribution in [0.1, 0.15) is 58.4 Å². The minimum Gasteiger partial charge on any atom is -0.495 e. The number of hydrogen-bond donors (Lipinski definition) is 1. The maximum Gasteiger partial charge on any atom is 0.233 e. The number of likely N-dealkylation sites (tertiary alicyclic amines) is 1. The van der Waals surface area contributed by atoms with Crippen LogP contribution >= 0.6 is 0 Å². The summed E-state index contributed by atoms with van der Waals surface area (Å²) in [7, 11) is 1.56. The van der Waals surface area contributed by atoms with Crippen molar-refractivity contribution >= 4 is 23.4 Å². The first-order valence-electron chi connectivity index (χ1n) is 10.1. The second-order valence-corrected chi connectivity index (χ2v) is 8.79. The third-order valence-electron chi connectivity index (χ3n) is 5.83. The van der Waals surface area contributed by atoms with Crippen molar-refractivity contribution < 1.29 is 19.1 Å². The summed E-state index contributed by atoms with van der Waals surface area (Å²) >= 11 is 0. The first kappa shape index (κ1) is 20.4. The molecular formula is C22H30N2O4. The highest BCUT2D eigenvalue weighted by atomic mass is 16.5. The molecule has 1 saturated carbocycles. The molecule has 6 nitrogen and oxygen atoms in total. The van der Waals surface area contributed by atoms with Gasteiger partial charge in [-0.2, -0.15) is 0 Å². The van der Waals surface area contributed by atoms with Crippen molar-refractivity contribution in [3.8, 4) is 5.75 Å². The number of ether oxygens (including phenoxy) is 1. The molecule has 3 rings (SSSR count). The summed E-state index contributed by atoms with van der Waals surface area (Å²) in [4.78, 5) is 38.9. The lowest BCUT2D eigenvalue weighted by Gasteiger charge is -2.21. The third-order valence-corrected chi connectivity index (χ3v) is 5.83. The number of benzene rings is 1. The van der Waals surface area contributed by atoms with Crippen molar-refractivity contribution in [2.75, 3.05) is 19.0 Å². The van der Waals surface area contributed by atoms with Gasteiger partial charge in [-0.1, -0.05) is 39.7 Å². The first-order valence-corrected chi connectivity index (χ1v) is 10.1. The smallest absolute Gasteiger partial charge is 0.233 e. The van der Waals surface area contributed by atoms with Crippen molar-refractivity contribution in [3.05, 3.63) is 23.8 Å². The van der Waals surface area contributed by atoms with Crippen LogP contribution in [0.25, 0.3) is 0 Å². The lowest BCUT2D eigenvalue weighted by atomic mass is 9.81. The Hall–Kier alpha value is -2.37. The van der Waals surface area contributed by atoms with E-state index in [0.29, 0.717) is 11.4 Å². The summed E-state index contributed by atoms with van der Waals surface area (Å²) in [6.45, 7) is 6.44. The van der Waals surface area contributed by atoms with E-state index in [1.807, 2.05) is 18.2 Å². The number of imide groups is 1. The van der Waals surface area contributed by atoms with Crippen LogP contribution in [-0.4, -0.2) is 36.3 Å². The van der Waals surface area contributed by atoms with Gasteiger partial charge in [0.25, 0.3) is 0 Å². The van der Waals surface area contributed by atoms with Gasteiger partial charge in [0.15, 0.2) is 0 Å². The van der Waals surface area contributed by atoms with Crippen molar-refractivity contribution in [1.29, 1.82) is 0 Å². The molecule has 0 bridgehead atoms. The summed E-state index contributed by atoms with van der Waals surface area (Å²) in [5.74, 6) is -0.203. The van der Waals surface area contributed by atoms with Crippen LogP contribution in [0.5, 0.6) is 5.75 Å². The van der Waals surface area contributed by atoms with E-state index in [2.05, 4.69) is 26.1 Å². The molecule has 0 radical (unpaired) electrons. The van der Waals surface area contributed by atoms with Gasteiger partial charge in [0.05, 0.1) is 24.6 Å². The predicted octanol–water partition coefficient (Wildman–Crippen LogP) is 3.50. The highest BCUT2D eigenvalue weighted by Gasteiger charge is 2.47. The summed E-state index contributed by atoms with van der Waals surface area (Å²) in [5, 5.41) is 2.88. The van der Waals surface area contributed by atoms with Crippen LogP contribution in [0.4, 0.5) is 5.69 Å². The molecule has 3 amide bonds. The molecule has 1 saturated heterocycles. The fourth-order valence-corrected chi connectivity index (χ4v) is 4.15. The minimum atomic E-state index is -0.236. The van der Waals surface area contributed by atoms with Gasteiger partial charge in [0.1, 0.15) is 5.75 Å². The summed E-state index contributed by atoms with van der Waals surface area (Å²) in [5.41, 5.74) is 1.63. The number of amides is 3. The molecule has 1 aromatic carbocycles. The van der Waals surface area contributed by atoms with Gasteiger partial charge < -0.3 is 10.1 Å². The highest BCUT2D eigenvalue weighted by molar-refractivity contribution is 6.05. The lowest BCUT2D eigenvalue weighted by molar-refractivity contribution is -0.140. The Bertz CT molecular complexity index is 757. The van der Waals surface area contributed by atoms with Crippen molar-refractivity contribution in [1.82, 2.24) is 4.90 Å². The second-order valence-electron chi connectivity index (χ2n) is 8.79. The highest BCUT2D eigenvalue weighted by Crippen LogP contribution is 2.38. The fourth-order valence-electron chi connectivity index (χ4n) is 4.15. The molecule has 2 fully saturated rings. The van der Waals surface area contributed by atoms with Gasteiger partial charge in [0.2, 0.25) is 17.7 Å². The summed E-state index contributed by atoms with van der Waals surface area (Å²) < 4.78 is 5.36. The SMILES string of the molecule is COc1ccc(C(C)(C)C)cc1NC(=O)CCN1C(=O)[C@H]2CCCC[C@@H]2C1=O. The number of rotatable bonds is 5. The Morgan fingerprint density at radius 3 is 2.29 bits per heavy atom. The number of hydrogen-bond acceptors (Lipinski definition) is 4. The van der Waals surface area contributed by atoms with Gasteiger partial charge in [-0.25, -0.2) is 0 Å². The number of fused-ring (bicyclic) bond motifs is 1. The molecular weight excluding hydrogens is 356 g/mol. The molecule has 6 heteroatoms. The third kappa shape index (κ3) is 4.05. The van der Waals surface area contributed by atoms with E-state index in [-0.39, 0.29) is 47.9 Å². The monoisotopic (exact) mass is 386 g/mol. The molecule has 0 spiro atoms. The molecule has 2 atom stereocenters. The van der Waals surface area contributed by atoms with Gasteiger partial charge in [-0.05, 0) is 36.0 Å². The van der Waals surface area contributed by atoms with Gasteiger partial charge >= 0.3 is 0 Å². The van der Waals surface area contributed by atoms with Gasteiger partial charge in [-0.3, -0.25) is 19.3 Å². The number of carbonyl (C=O) groups excluding carboxylic acids is 3. The summed E-state index contributed by atoms with van der Waals surface area (Å²) in [6, 6.07) is 5.74. The number of nitrogens with one attached hydrogen (secondary N) is 1. The molecule has 1 aliphatic carbocycles. The van der Waals surface area contributed by atoms with E-state index < -0.39 is 0 Å². The molecule has 0 aromatic heterocycles. The van der Waals surface area contributed by atoms with E-state index in [0.717, 1.165) is 31.2 Å². The maximum absolute atomic E-state index is 12.5. The number of carbonyl (C=O) groups is 3. The van der Waals surface area contributed by atoms with Crippen LogP contribution in [0.15, 0.2) is 18.2 Å². The number of nitrogens with zero attached hydrogens (tertiary/aromatic N) is 1. The van der Waals surface area contributed by atoms with Crippen molar-refractivity contribution in [2.24, 2.45) is 11.8 Å². The number of methoxy groups -OCH3 is 1. The molecule has 28 heavy (non-hydrogen) atoms. The second kappa shape index (κ2) is 7.94. The molecule has 1 heterocycles. The van der Waals surface area contributed by atoms with Crippen LogP contribution in [-0.2, 0) is 19.8 Å². The van der Waals surface area contributed by atoms with Gasteiger partial charge in [-0.15, -0.1) is 0 Å². The largest absolute Gasteiger partial charge is 0.495 e. The lowest BCUT2D eigenvalue weighted by Crippen LogP contribution is -2.34. The minimum absolute atomic E-state index is 0.0591. The molecule has 1 N–H and O–H groups in total. The molecule has 1 aliphatic heterocycles. The topological polar surface area (TPSA) is 75.7 Å². The Morgan fingerprint density at radius 1 is 1.14 bits per heavy atom. The standard InChI is InChI=1S/C22H30N2O4/c1-22(2,3)14-9-10-18(28-4)17(13-14)23-19(25)11-12-24-20(26)15-7-5-6-8-16(15)21(24)27/h9-10,13,15-16H,5-8,11-12H2,1-4H3,(H,23,25)/t15-,16-/m0/s1. The van der Waals surface area contributed by atoms with Crippen molar-refractivity contribution in [2.45, 2.75) is 58.3 Å². The van der Waals surface area contributed by atoms with Crippen LogP contribution in [0.3, 0.4) is 0 Å². The average molecular weight is 386 g/mol. The van der Waals surface area contributed by atoms with Crippen LogP contribution in [0, 0.1) is 11.8 Å². The molecule has 2 aliphatic rings. The molecule has 0 unspecified atom stereocenters. The van der Waals surface area contributed by atoms with E-state index >= 15 is 0 Å². The quantitative estimate of drug-likeness (QED) is 0.786. The van der Waals surface area contributed by atoms with E-state index in [9.17, 15) is 14.4 Å². The summed E-state index contributed by atoms with van der Waals surface area (Å²) in [6.07, 6.45) is 3.65. The molecule has 152 valence electrons. The zero-order chi connectivity index (χ0) is 20.5. The van der Waals surface area contributed by atoms with Gasteiger partial charge in [0, 0.05) is 13.0 Å². The fraction of sp³-hybridized carbons (Fsp3) is 0.591. The average Bonchev–Trinajstić information content (AvgIpc) is 2.90. The molecule has 1 aromatic rings. The zero-order valence-electron chi connectivity index (χ0n) is 17.2. The van der Waals surface area contributed by atoms with E-state index in [4.69, 9.17) is 4.74 Å². The zero-order valence-corrected chi connectivity index (χ0v) is 17.2. The van der Waals surface area contributed by atoms with E-state index in [1.165, 1.54) is 4.90 Å². The van der Waals surface area contributed by atoms with E-state index in [1.54, 1.807) is 7.11 Å². The number of anilines is 1. The first-order chi connectivity index (χ1) is 13.2. The normalized spacial score (nSPS) is 22.2. The Labute approximate surface area is 166 Å².